The average Bonchev–Trinajstić information content (AvgIpc) is 2.71. The Hall–Kier alpha value is -3.80. The van der Waals surface area contributed by atoms with Crippen LogP contribution in [0.3, 0.4) is 0 Å². The first-order chi connectivity index (χ1) is 13.2. The first-order valence-corrected chi connectivity index (χ1v) is 8.31. The number of ether oxygens (including phenoxy) is 1. The summed E-state index contributed by atoms with van der Waals surface area (Å²) in [6, 6.07) is 19.3. The zero-order valence-electron chi connectivity index (χ0n) is 14.5. The number of aromatic nitrogens is 2. The van der Waals surface area contributed by atoms with Gasteiger partial charge in [-0.15, -0.1) is 0 Å². The van der Waals surface area contributed by atoms with Crippen molar-refractivity contribution in [3.8, 4) is 0 Å². The Morgan fingerprint density at radius 3 is 2.19 bits per heavy atom. The van der Waals surface area contributed by atoms with Crippen LogP contribution in [0.1, 0.15) is 20.7 Å². The number of hydrogen-bond donors (Lipinski definition) is 1. The lowest BCUT2D eigenvalue weighted by atomic mass is 10.1. The molecule has 0 saturated heterocycles. The molecule has 1 heterocycles. The Labute approximate surface area is 154 Å². The molecule has 4 rings (SSSR count). The number of nitrogens with zero attached hydrogens (tertiary/aromatic N) is 2. The molecule has 0 aliphatic carbocycles. The zero-order valence-corrected chi connectivity index (χ0v) is 14.5. The number of benzene rings is 3. The molecule has 0 bridgehead atoms. The summed E-state index contributed by atoms with van der Waals surface area (Å²) in [6.07, 6.45) is 0. The van der Waals surface area contributed by atoms with Gasteiger partial charge < -0.3 is 10.1 Å². The Kier molecular flexibility index (Phi) is 4.22. The van der Waals surface area contributed by atoms with Crippen LogP contribution in [-0.2, 0) is 4.74 Å². The molecule has 0 saturated carbocycles. The van der Waals surface area contributed by atoms with Crippen LogP contribution in [-0.4, -0.2) is 29.0 Å². The van der Waals surface area contributed by atoms with Gasteiger partial charge in [0.15, 0.2) is 0 Å². The molecule has 0 atom stereocenters. The molecule has 6 nitrogen and oxygen atoms in total. The van der Waals surface area contributed by atoms with Crippen molar-refractivity contribution < 1.29 is 14.3 Å². The number of nitrogens with one attached hydrogen (secondary N) is 1. The number of carbonyl (C=O) groups is 2. The van der Waals surface area contributed by atoms with Gasteiger partial charge in [0.2, 0.25) is 0 Å². The molecule has 3 aromatic carbocycles. The Bertz CT molecular complexity index is 1170. The van der Waals surface area contributed by atoms with E-state index in [0.717, 1.165) is 11.0 Å². The van der Waals surface area contributed by atoms with Crippen LogP contribution >= 0.6 is 0 Å². The summed E-state index contributed by atoms with van der Waals surface area (Å²) in [7, 11) is 1.32. The van der Waals surface area contributed by atoms with Gasteiger partial charge in [-0.25, -0.2) is 14.8 Å². The third kappa shape index (κ3) is 3.20. The Morgan fingerprint density at radius 1 is 0.815 bits per heavy atom. The highest BCUT2D eigenvalue weighted by atomic mass is 16.5. The van der Waals surface area contributed by atoms with Gasteiger partial charge in [0.25, 0.3) is 5.91 Å². The van der Waals surface area contributed by atoms with Gasteiger partial charge in [-0.1, -0.05) is 18.2 Å². The Balaban J connectivity index is 1.68. The highest BCUT2D eigenvalue weighted by Crippen LogP contribution is 2.20. The quantitative estimate of drug-likeness (QED) is 0.445. The van der Waals surface area contributed by atoms with Crippen LogP contribution in [0, 0.1) is 0 Å². The normalized spacial score (nSPS) is 10.7. The lowest BCUT2D eigenvalue weighted by Crippen LogP contribution is -2.13. The fraction of sp³-hybridized carbons (Fsp3) is 0.0476. The molecule has 4 aromatic rings. The predicted octanol–water partition coefficient (Wildman–Crippen LogP) is 3.82. The molecule has 0 radical (unpaired) electrons. The van der Waals surface area contributed by atoms with E-state index in [1.165, 1.54) is 7.11 Å². The highest BCUT2D eigenvalue weighted by Gasteiger charge is 2.13. The van der Waals surface area contributed by atoms with E-state index in [-0.39, 0.29) is 5.91 Å². The number of para-hydroxylation sites is 3. The molecule has 1 N–H and O–H groups in total. The van der Waals surface area contributed by atoms with Crippen molar-refractivity contribution in [2.75, 3.05) is 12.4 Å². The molecule has 1 aromatic heterocycles. The third-order valence-corrected chi connectivity index (χ3v) is 4.18. The van der Waals surface area contributed by atoms with E-state index in [0.29, 0.717) is 27.8 Å². The van der Waals surface area contributed by atoms with Crippen molar-refractivity contribution in [1.82, 2.24) is 9.97 Å². The molecule has 0 unspecified atom stereocenters. The van der Waals surface area contributed by atoms with Crippen molar-refractivity contribution in [2.24, 2.45) is 0 Å². The summed E-state index contributed by atoms with van der Waals surface area (Å²) in [5.41, 5.74) is 4.12. The highest BCUT2D eigenvalue weighted by molar-refractivity contribution is 6.12. The number of hydrogen-bond acceptors (Lipinski definition) is 5. The second-order valence-electron chi connectivity index (χ2n) is 5.91. The summed E-state index contributed by atoms with van der Waals surface area (Å²) in [5.74, 6) is -0.722. The fourth-order valence-electron chi connectivity index (χ4n) is 2.83. The topological polar surface area (TPSA) is 81.2 Å². The van der Waals surface area contributed by atoms with E-state index in [1.807, 2.05) is 30.3 Å². The minimum Gasteiger partial charge on any atom is -0.465 e. The average molecular weight is 357 g/mol. The van der Waals surface area contributed by atoms with Crippen LogP contribution in [0.5, 0.6) is 0 Å². The van der Waals surface area contributed by atoms with Gasteiger partial charge in [0.05, 0.1) is 34.8 Å². The number of methoxy groups -OCH3 is 1. The van der Waals surface area contributed by atoms with Crippen molar-refractivity contribution in [3.05, 3.63) is 77.9 Å². The number of fused-ring (bicyclic) bond motifs is 2. The van der Waals surface area contributed by atoms with E-state index >= 15 is 0 Å². The molecule has 1 amide bonds. The SMILES string of the molecule is COC(=O)c1ccc(NC(=O)c2cccc3nc4ccccc4nc23)cc1. The van der Waals surface area contributed by atoms with Crippen molar-refractivity contribution in [3.63, 3.8) is 0 Å². The molecule has 27 heavy (non-hydrogen) atoms. The zero-order chi connectivity index (χ0) is 18.8. The molecule has 132 valence electrons. The van der Waals surface area contributed by atoms with Gasteiger partial charge in [0, 0.05) is 5.69 Å². The van der Waals surface area contributed by atoms with Crippen LogP contribution in [0.4, 0.5) is 5.69 Å². The second-order valence-corrected chi connectivity index (χ2v) is 5.91. The molecule has 6 heteroatoms. The maximum absolute atomic E-state index is 12.8. The number of amides is 1. The summed E-state index contributed by atoms with van der Waals surface area (Å²) >= 11 is 0. The van der Waals surface area contributed by atoms with E-state index in [2.05, 4.69) is 20.0 Å². The maximum atomic E-state index is 12.8. The summed E-state index contributed by atoms with van der Waals surface area (Å²) < 4.78 is 4.67. The smallest absolute Gasteiger partial charge is 0.337 e. The maximum Gasteiger partial charge on any atom is 0.337 e. The molecule has 0 aliphatic rings. The summed E-state index contributed by atoms with van der Waals surface area (Å²) in [6.45, 7) is 0. The van der Waals surface area contributed by atoms with E-state index < -0.39 is 5.97 Å². The van der Waals surface area contributed by atoms with Gasteiger partial charge in [-0.3, -0.25) is 4.79 Å². The molecular formula is C21H15N3O3. The minimum atomic E-state index is -0.427. The molecule has 0 spiro atoms. The van der Waals surface area contributed by atoms with E-state index in [9.17, 15) is 9.59 Å². The van der Waals surface area contributed by atoms with E-state index in [4.69, 9.17) is 0 Å². The Morgan fingerprint density at radius 2 is 1.48 bits per heavy atom. The van der Waals surface area contributed by atoms with Crippen LogP contribution in [0.2, 0.25) is 0 Å². The third-order valence-electron chi connectivity index (χ3n) is 4.18. The lowest BCUT2D eigenvalue weighted by molar-refractivity contribution is 0.0600. The van der Waals surface area contributed by atoms with Gasteiger partial charge in [0.1, 0.15) is 5.52 Å². The number of anilines is 1. The van der Waals surface area contributed by atoms with Crippen LogP contribution in [0.25, 0.3) is 22.1 Å². The fourth-order valence-corrected chi connectivity index (χ4v) is 2.83. The van der Waals surface area contributed by atoms with Crippen molar-refractivity contribution in [1.29, 1.82) is 0 Å². The summed E-state index contributed by atoms with van der Waals surface area (Å²) in [5, 5.41) is 2.82. The minimum absolute atomic E-state index is 0.295. The van der Waals surface area contributed by atoms with Crippen molar-refractivity contribution >= 4 is 39.6 Å². The van der Waals surface area contributed by atoms with Crippen LogP contribution < -0.4 is 5.32 Å². The van der Waals surface area contributed by atoms with Gasteiger partial charge in [-0.05, 0) is 48.5 Å². The molecule has 0 fully saturated rings. The van der Waals surface area contributed by atoms with E-state index in [1.54, 1.807) is 36.4 Å². The first-order valence-electron chi connectivity index (χ1n) is 8.31. The van der Waals surface area contributed by atoms with Crippen molar-refractivity contribution in [2.45, 2.75) is 0 Å². The number of esters is 1. The monoisotopic (exact) mass is 357 g/mol. The number of rotatable bonds is 3. The predicted molar refractivity (Wildman–Crippen MR) is 103 cm³/mol. The van der Waals surface area contributed by atoms with Gasteiger partial charge >= 0.3 is 5.97 Å². The number of carbonyl (C=O) groups excluding carboxylic acids is 2. The largest absolute Gasteiger partial charge is 0.465 e. The van der Waals surface area contributed by atoms with Gasteiger partial charge in [-0.2, -0.15) is 0 Å². The first kappa shape index (κ1) is 16.7. The lowest BCUT2D eigenvalue weighted by Gasteiger charge is -2.09. The molecule has 0 aliphatic heterocycles. The molecular weight excluding hydrogens is 342 g/mol. The standard InChI is InChI=1S/C21H15N3O3/c1-27-21(26)13-9-11-14(12-10-13)22-20(25)15-5-4-8-18-19(15)24-17-7-3-2-6-16(17)23-18/h2-12H,1H3,(H,22,25). The second kappa shape index (κ2) is 6.84. The van der Waals surface area contributed by atoms with Crippen LogP contribution in [0.15, 0.2) is 66.7 Å². The summed E-state index contributed by atoms with van der Waals surface area (Å²) in [4.78, 5) is 33.4.